The molecule has 0 unspecified atom stereocenters. The summed E-state index contributed by atoms with van der Waals surface area (Å²) in [5.74, 6) is -3.68. The maximum atomic E-state index is 14.0. The van der Waals surface area contributed by atoms with E-state index in [1.807, 2.05) is 81.4 Å². The van der Waals surface area contributed by atoms with Gasteiger partial charge in [-0.05, 0) is 62.0 Å². The van der Waals surface area contributed by atoms with Gasteiger partial charge in [-0.15, -0.1) is 0 Å². The molecule has 292 valence electrons. The second-order valence-corrected chi connectivity index (χ2v) is 15.7. The SMILES string of the molecule is CC(C)C[C@H](CC(=O)[C@@H]1CCCN1C(=O)CCC(=O)[C@@H](C)Cc1ccccc1)C(=O)N[C@@H](Cc1ccccc1)C(=O)C[C@@H](C)C(=O)N1CCC[C@H]1C(N)=O. The minimum Gasteiger partial charge on any atom is -0.368 e. The molecule has 2 fully saturated rings. The highest BCUT2D eigenvalue weighted by Crippen LogP contribution is 2.26. The fourth-order valence-corrected chi connectivity index (χ4v) is 7.86. The van der Waals surface area contributed by atoms with Gasteiger partial charge in [-0.3, -0.25) is 33.6 Å². The molecule has 11 heteroatoms. The van der Waals surface area contributed by atoms with Gasteiger partial charge in [0.15, 0.2) is 11.6 Å². The number of carbonyl (C=O) groups is 7. The highest BCUT2D eigenvalue weighted by Gasteiger charge is 2.38. The lowest BCUT2D eigenvalue weighted by Crippen LogP contribution is -2.49. The Morgan fingerprint density at radius 3 is 1.87 bits per heavy atom. The summed E-state index contributed by atoms with van der Waals surface area (Å²) in [6.45, 7) is 8.26. The molecule has 0 aromatic heterocycles. The number of primary amides is 1. The van der Waals surface area contributed by atoms with Gasteiger partial charge in [0.25, 0.3) is 0 Å². The second-order valence-electron chi connectivity index (χ2n) is 15.7. The largest absolute Gasteiger partial charge is 0.368 e. The maximum absolute atomic E-state index is 14.0. The number of nitrogens with one attached hydrogen (secondary N) is 1. The molecule has 2 aliphatic rings. The molecule has 4 amide bonds. The Labute approximate surface area is 319 Å². The van der Waals surface area contributed by atoms with E-state index in [2.05, 4.69) is 5.32 Å². The fraction of sp³-hybridized carbons (Fsp3) is 0.558. The summed E-state index contributed by atoms with van der Waals surface area (Å²) >= 11 is 0. The fourth-order valence-electron chi connectivity index (χ4n) is 7.86. The van der Waals surface area contributed by atoms with Crippen LogP contribution >= 0.6 is 0 Å². The zero-order chi connectivity index (χ0) is 39.4. The highest BCUT2D eigenvalue weighted by molar-refractivity contribution is 5.96. The molecule has 0 radical (unpaired) electrons. The number of Topliss-reactive ketones (excluding diaryl/α,β-unsaturated/α-hetero) is 3. The third kappa shape index (κ3) is 11.9. The van der Waals surface area contributed by atoms with E-state index < -0.39 is 41.8 Å². The smallest absolute Gasteiger partial charge is 0.240 e. The number of rotatable bonds is 20. The van der Waals surface area contributed by atoms with Gasteiger partial charge in [0.05, 0.1) is 12.1 Å². The van der Waals surface area contributed by atoms with Crippen molar-refractivity contribution in [1.82, 2.24) is 15.1 Å². The Morgan fingerprint density at radius 2 is 1.28 bits per heavy atom. The van der Waals surface area contributed by atoms with Gasteiger partial charge in [0.1, 0.15) is 11.8 Å². The van der Waals surface area contributed by atoms with Crippen LogP contribution in [-0.4, -0.2) is 82.0 Å². The number of nitrogens with zero attached hydrogens (tertiary/aromatic N) is 2. The third-order valence-electron chi connectivity index (χ3n) is 10.8. The summed E-state index contributed by atoms with van der Waals surface area (Å²) in [4.78, 5) is 96.3. The van der Waals surface area contributed by atoms with Crippen LogP contribution in [0.3, 0.4) is 0 Å². The topological polar surface area (TPSA) is 164 Å². The number of ketones is 3. The van der Waals surface area contributed by atoms with Crippen molar-refractivity contribution >= 4 is 41.0 Å². The lowest BCUT2D eigenvalue weighted by atomic mass is 9.88. The van der Waals surface area contributed by atoms with Crippen LogP contribution in [0.2, 0.25) is 0 Å². The van der Waals surface area contributed by atoms with Crippen LogP contribution in [-0.2, 0) is 46.4 Å². The molecule has 0 bridgehead atoms. The Bertz CT molecular complexity index is 1630. The summed E-state index contributed by atoms with van der Waals surface area (Å²) in [5.41, 5.74) is 7.42. The number of amides is 4. The highest BCUT2D eigenvalue weighted by atomic mass is 16.2. The van der Waals surface area contributed by atoms with Crippen molar-refractivity contribution in [3.8, 4) is 0 Å². The van der Waals surface area contributed by atoms with Gasteiger partial charge >= 0.3 is 0 Å². The first-order valence-corrected chi connectivity index (χ1v) is 19.6. The zero-order valence-electron chi connectivity index (χ0n) is 32.3. The average Bonchev–Trinajstić information content (AvgIpc) is 3.85. The van der Waals surface area contributed by atoms with Crippen LogP contribution in [0.15, 0.2) is 60.7 Å². The number of carbonyl (C=O) groups excluding carboxylic acids is 7. The van der Waals surface area contributed by atoms with Gasteiger partial charge in [-0.25, -0.2) is 0 Å². The summed E-state index contributed by atoms with van der Waals surface area (Å²) < 4.78 is 0. The van der Waals surface area contributed by atoms with Crippen LogP contribution in [0.5, 0.6) is 0 Å². The van der Waals surface area contributed by atoms with Crippen LogP contribution in [0.25, 0.3) is 0 Å². The van der Waals surface area contributed by atoms with Crippen LogP contribution in [0.4, 0.5) is 0 Å². The number of hydrogen-bond acceptors (Lipinski definition) is 7. The van der Waals surface area contributed by atoms with E-state index in [1.54, 1.807) is 11.8 Å². The molecular formula is C43H58N4O7. The first-order valence-electron chi connectivity index (χ1n) is 19.6. The monoisotopic (exact) mass is 742 g/mol. The Hall–Kier alpha value is -4.67. The van der Waals surface area contributed by atoms with Gasteiger partial charge in [-0.1, -0.05) is 88.4 Å². The van der Waals surface area contributed by atoms with Crippen molar-refractivity contribution < 1.29 is 33.6 Å². The summed E-state index contributed by atoms with van der Waals surface area (Å²) in [6.07, 6.45) is 3.41. The Kier molecular flexibility index (Phi) is 15.7. The quantitative estimate of drug-likeness (QED) is 0.200. The van der Waals surface area contributed by atoms with Gasteiger partial charge < -0.3 is 20.9 Å². The van der Waals surface area contributed by atoms with Crippen molar-refractivity contribution in [3.05, 3.63) is 71.8 Å². The minimum atomic E-state index is -0.947. The molecule has 2 heterocycles. The number of nitrogens with two attached hydrogens (primary N) is 1. The lowest BCUT2D eigenvalue weighted by Gasteiger charge is -2.28. The van der Waals surface area contributed by atoms with Crippen LogP contribution in [0, 0.1) is 23.7 Å². The van der Waals surface area contributed by atoms with E-state index in [0.29, 0.717) is 51.6 Å². The van der Waals surface area contributed by atoms with Crippen LogP contribution < -0.4 is 11.1 Å². The summed E-state index contributed by atoms with van der Waals surface area (Å²) in [7, 11) is 0. The number of likely N-dealkylation sites (tertiary alicyclic amines) is 2. The molecule has 0 spiro atoms. The van der Waals surface area contributed by atoms with E-state index >= 15 is 0 Å². The molecule has 4 rings (SSSR count). The summed E-state index contributed by atoms with van der Waals surface area (Å²) in [6, 6.07) is 16.7. The average molecular weight is 743 g/mol. The number of benzene rings is 2. The standard InChI is InChI=1S/C43H58N4O7/c1-28(2)23-33(27-39(50)35-17-11-21-46(35)40(51)20-19-37(48)29(3)24-31-13-7-5-8-14-31)42(53)45-34(26-32-15-9-6-10-16-32)38(49)25-30(4)43(54)47-22-12-18-36(47)41(44)52/h5-10,13-16,28-30,33-36H,11-12,17-27H2,1-4H3,(H2,44,52)(H,45,53)/t29-,30+,33+,34-,35-,36-/m0/s1. The zero-order valence-corrected chi connectivity index (χ0v) is 32.3. The number of hydrogen-bond donors (Lipinski definition) is 2. The predicted octanol–water partition coefficient (Wildman–Crippen LogP) is 4.63. The Morgan fingerprint density at radius 1 is 0.704 bits per heavy atom. The van der Waals surface area contributed by atoms with Crippen molar-refractivity contribution in [3.63, 3.8) is 0 Å². The third-order valence-corrected chi connectivity index (χ3v) is 10.8. The van der Waals surface area contributed by atoms with Crippen molar-refractivity contribution in [2.24, 2.45) is 29.4 Å². The molecule has 6 atom stereocenters. The molecule has 2 aromatic rings. The Balaban J connectivity index is 1.40. The van der Waals surface area contributed by atoms with Gasteiger partial charge in [-0.2, -0.15) is 0 Å². The predicted molar refractivity (Wildman–Crippen MR) is 206 cm³/mol. The molecule has 2 aliphatic heterocycles. The first kappa shape index (κ1) is 42.1. The van der Waals surface area contributed by atoms with E-state index in [1.165, 1.54) is 4.90 Å². The molecule has 0 saturated carbocycles. The van der Waals surface area contributed by atoms with E-state index in [-0.39, 0.29) is 73.1 Å². The van der Waals surface area contributed by atoms with Gasteiger partial charge in [0.2, 0.25) is 23.6 Å². The minimum absolute atomic E-state index is 0.00668. The first-order chi connectivity index (χ1) is 25.7. The summed E-state index contributed by atoms with van der Waals surface area (Å²) in [5, 5.41) is 2.94. The van der Waals surface area contributed by atoms with Crippen molar-refractivity contribution in [1.29, 1.82) is 0 Å². The van der Waals surface area contributed by atoms with Crippen molar-refractivity contribution in [2.45, 2.75) is 116 Å². The normalized spacial score (nSPS) is 19.2. The molecule has 11 nitrogen and oxygen atoms in total. The molecule has 2 aromatic carbocycles. The lowest BCUT2D eigenvalue weighted by molar-refractivity contribution is -0.142. The molecule has 3 N–H and O–H groups in total. The van der Waals surface area contributed by atoms with E-state index in [9.17, 15) is 33.6 Å². The maximum Gasteiger partial charge on any atom is 0.240 e. The van der Waals surface area contributed by atoms with E-state index in [4.69, 9.17) is 5.73 Å². The molecule has 2 saturated heterocycles. The molecule has 54 heavy (non-hydrogen) atoms. The van der Waals surface area contributed by atoms with Crippen molar-refractivity contribution in [2.75, 3.05) is 13.1 Å². The molecular weight excluding hydrogens is 684 g/mol. The molecule has 0 aliphatic carbocycles. The van der Waals surface area contributed by atoms with Crippen LogP contribution in [0.1, 0.15) is 96.6 Å². The van der Waals surface area contributed by atoms with Gasteiger partial charge in [0, 0.05) is 56.5 Å². The van der Waals surface area contributed by atoms with E-state index in [0.717, 1.165) is 11.1 Å². The second kappa shape index (κ2) is 20.1.